The summed E-state index contributed by atoms with van der Waals surface area (Å²) in [5.74, 6) is -3.63. The van der Waals surface area contributed by atoms with Crippen molar-refractivity contribution in [3.8, 4) is 0 Å². The molecule has 1 aliphatic rings. The van der Waals surface area contributed by atoms with Gasteiger partial charge in [-0.15, -0.1) is 0 Å². The highest BCUT2D eigenvalue weighted by atomic mass is 32.2. The van der Waals surface area contributed by atoms with Gasteiger partial charge in [-0.25, -0.2) is 8.42 Å². The van der Waals surface area contributed by atoms with Gasteiger partial charge in [0.2, 0.25) is 9.84 Å². The lowest BCUT2D eigenvalue weighted by Crippen LogP contribution is -2.18. The van der Waals surface area contributed by atoms with Crippen LogP contribution in [0, 0.1) is 10.1 Å². The van der Waals surface area contributed by atoms with Crippen LogP contribution in [0.2, 0.25) is 0 Å². The highest BCUT2D eigenvalue weighted by Gasteiger charge is 2.31. The molecule has 23 heavy (non-hydrogen) atoms. The minimum Gasteiger partial charge on any atom is -0.381 e. The normalized spacial score (nSPS) is 21.6. The van der Waals surface area contributed by atoms with Crippen LogP contribution >= 0.6 is 0 Å². The molecule has 2 atom stereocenters. The Bertz CT molecular complexity index is 696. The van der Waals surface area contributed by atoms with Gasteiger partial charge in [-0.3, -0.25) is 10.1 Å². The van der Waals surface area contributed by atoms with E-state index in [2.05, 4.69) is 5.32 Å². The van der Waals surface area contributed by atoms with Crippen LogP contribution in [0.1, 0.15) is 19.3 Å². The van der Waals surface area contributed by atoms with E-state index in [0.29, 0.717) is 12.5 Å². The summed E-state index contributed by atoms with van der Waals surface area (Å²) in [6, 6.07) is 2.69. The predicted octanol–water partition coefficient (Wildman–Crippen LogP) is 2.57. The van der Waals surface area contributed by atoms with Gasteiger partial charge in [-0.2, -0.15) is 8.78 Å². The number of nitrogens with one attached hydrogen (secondary N) is 1. The van der Waals surface area contributed by atoms with Crippen molar-refractivity contribution in [1.82, 2.24) is 0 Å². The molecule has 128 valence electrons. The van der Waals surface area contributed by atoms with Gasteiger partial charge < -0.3 is 10.1 Å². The van der Waals surface area contributed by atoms with Crippen LogP contribution in [0.15, 0.2) is 23.1 Å². The van der Waals surface area contributed by atoms with Crippen LogP contribution in [0.4, 0.5) is 20.2 Å². The Hall–Kier alpha value is -1.81. The molecule has 1 aromatic rings. The number of rotatable bonds is 6. The Morgan fingerprint density at radius 2 is 2.09 bits per heavy atom. The van der Waals surface area contributed by atoms with E-state index in [1.165, 1.54) is 0 Å². The van der Waals surface area contributed by atoms with Crippen LogP contribution in [0.3, 0.4) is 0 Å². The molecule has 0 spiro atoms. The second-order valence-electron chi connectivity index (χ2n) is 5.25. The Kier molecular flexibility index (Phi) is 5.15. The number of anilines is 1. The summed E-state index contributed by atoms with van der Waals surface area (Å²) in [5.41, 5.74) is -0.447. The zero-order valence-electron chi connectivity index (χ0n) is 12.2. The second kappa shape index (κ2) is 6.75. The molecular weight excluding hydrogens is 334 g/mol. The topological polar surface area (TPSA) is 98.5 Å². The second-order valence-corrected chi connectivity index (χ2v) is 7.17. The molecule has 1 fully saturated rings. The number of alkyl halides is 2. The van der Waals surface area contributed by atoms with Gasteiger partial charge in [0.1, 0.15) is 5.69 Å². The predicted molar refractivity (Wildman–Crippen MR) is 78.3 cm³/mol. The average Bonchev–Trinajstić information content (AvgIpc) is 2.94. The maximum Gasteiger partial charge on any atom is 0.341 e. The summed E-state index contributed by atoms with van der Waals surface area (Å²) in [4.78, 5) is 9.56. The van der Waals surface area contributed by atoms with Crippen molar-refractivity contribution >= 4 is 21.2 Å². The molecular formula is C13H16F2N2O5S. The van der Waals surface area contributed by atoms with E-state index in [9.17, 15) is 27.3 Å². The van der Waals surface area contributed by atoms with Crippen LogP contribution in [-0.4, -0.2) is 38.4 Å². The molecule has 2 unspecified atom stereocenters. The molecule has 0 bridgehead atoms. The summed E-state index contributed by atoms with van der Waals surface area (Å²) < 4.78 is 53.2. The maximum atomic E-state index is 12.6. The zero-order chi connectivity index (χ0) is 17.2. The van der Waals surface area contributed by atoms with Crippen molar-refractivity contribution in [3.05, 3.63) is 28.3 Å². The first-order valence-corrected chi connectivity index (χ1v) is 8.40. The minimum atomic E-state index is -4.88. The average molecular weight is 350 g/mol. The van der Waals surface area contributed by atoms with Gasteiger partial charge in [0.05, 0.1) is 15.9 Å². The number of methoxy groups -OCH3 is 1. The smallest absolute Gasteiger partial charge is 0.341 e. The van der Waals surface area contributed by atoms with Crippen molar-refractivity contribution in [2.75, 3.05) is 12.4 Å². The molecule has 1 N–H and O–H groups in total. The summed E-state index contributed by atoms with van der Waals surface area (Å²) in [7, 11) is -3.29. The fourth-order valence-electron chi connectivity index (χ4n) is 2.57. The number of nitro groups is 1. The van der Waals surface area contributed by atoms with Crippen LogP contribution < -0.4 is 5.32 Å². The number of nitrogens with zero attached hydrogens (tertiary/aromatic N) is 1. The molecule has 0 aliphatic heterocycles. The fourth-order valence-corrected chi connectivity index (χ4v) is 3.31. The first kappa shape index (κ1) is 17.5. The van der Waals surface area contributed by atoms with Crippen LogP contribution in [0.25, 0.3) is 0 Å². The first-order valence-electron chi connectivity index (χ1n) is 6.85. The van der Waals surface area contributed by atoms with Gasteiger partial charge in [-0.05, 0) is 31.4 Å². The number of benzene rings is 1. The lowest BCUT2D eigenvalue weighted by molar-refractivity contribution is -0.384. The fraction of sp³-hybridized carbons (Fsp3) is 0.538. The Labute approximate surface area is 131 Å². The SMILES string of the molecule is COC1CCC(Nc2ccc(S(=O)(=O)C(F)F)cc2[N+](=O)[O-])C1. The van der Waals surface area contributed by atoms with E-state index in [-0.39, 0.29) is 17.8 Å². The number of hydrogen-bond donors (Lipinski definition) is 1. The van der Waals surface area contributed by atoms with E-state index in [0.717, 1.165) is 25.0 Å². The van der Waals surface area contributed by atoms with E-state index in [1.54, 1.807) is 7.11 Å². The molecule has 0 aromatic heterocycles. The molecule has 0 amide bonds. The first-order chi connectivity index (χ1) is 10.8. The van der Waals surface area contributed by atoms with Crippen molar-refractivity contribution in [1.29, 1.82) is 0 Å². The lowest BCUT2D eigenvalue weighted by Gasteiger charge is -2.15. The van der Waals surface area contributed by atoms with Gasteiger partial charge >= 0.3 is 5.76 Å². The van der Waals surface area contributed by atoms with Crippen LogP contribution in [-0.2, 0) is 14.6 Å². The third-order valence-corrected chi connectivity index (χ3v) is 5.19. The number of sulfone groups is 1. The minimum absolute atomic E-state index is 0.0591. The summed E-state index contributed by atoms with van der Waals surface area (Å²) in [6.07, 6.45) is 2.27. The number of halogens is 2. The number of ether oxygens (including phenoxy) is 1. The van der Waals surface area contributed by atoms with Gasteiger partial charge in [0.25, 0.3) is 5.69 Å². The number of hydrogen-bond acceptors (Lipinski definition) is 6. The highest BCUT2D eigenvalue weighted by molar-refractivity contribution is 7.91. The molecule has 2 rings (SSSR count). The molecule has 10 heteroatoms. The largest absolute Gasteiger partial charge is 0.381 e. The lowest BCUT2D eigenvalue weighted by atomic mass is 10.2. The highest BCUT2D eigenvalue weighted by Crippen LogP contribution is 2.32. The third kappa shape index (κ3) is 3.75. The quantitative estimate of drug-likeness (QED) is 0.625. The van der Waals surface area contributed by atoms with E-state index < -0.39 is 31.1 Å². The van der Waals surface area contributed by atoms with Gasteiger partial charge in [0, 0.05) is 19.2 Å². The summed E-state index contributed by atoms with van der Waals surface area (Å²) in [5, 5.41) is 14.1. The van der Waals surface area contributed by atoms with Crippen molar-refractivity contribution in [2.24, 2.45) is 0 Å². The van der Waals surface area contributed by atoms with Crippen molar-refractivity contribution in [2.45, 2.75) is 42.1 Å². The monoisotopic (exact) mass is 350 g/mol. The molecule has 0 heterocycles. The standard InChI is InChI=1S/C13H16F2N2O5S/c1-22-9-3-2-8(6-9)16-11-5-4-10(7-12(11)17(18)19)23(20,21)13(14)15/h4-5,7-9,13,16H,2-3,6H2,1H3. The third-order valence-electron chi connectivity index (χ3n) is 3.81. The van der Waals surface area contributed by atoms with Gasteiger partial charge in [0.15, 0.2) is 0 Å². The molecule has 1 aliphatic carbocycles. The van der Waals surface area contributed by atoms with E-state index in [1.807, 2.05) is 0 Å². The molecule has 0 saturated heterocycles. The maximum absolute atomic E-state index is 12.6. The van der Waals surface area contributed by atoms with Crippen molar-refractivity contribution < 1.29 is 26.9 Å². The van der Waals surface area contributed by atoms with Crippen molar-refractivity contribution in [3.63, 3.8) is 0 Å². The Morgan fingerprint density at radius 1 is 1.39 bits per heavy atom. The number of nitro benzene ring substituents is 1. The van der Waals surface area contributed by atoms with E-state index >= 15 is 0 Å². The summed E-state index contributed by atoms with van der Waals surface area (Å²) in [6.45, 7) is 0. The molecule has 0 radical (unpaired) electrons. The Morgan fingerprint density at radius 3 is 2.61 bits per heavy atom. The Balaban J connectivity index is 2.29. The zero-order valence-corrected chi connectivity index (χ0v) is 13.1. The van der Waals surface area contributed by atoms with E-state index in [4.69, 9.17) is 4.74 Å². The summed E-state index contributed by atoms with van der Waals surface area (Å²) >= 11 is 0. The molecule has 1 aromatic carbocycles. The van der Waals surface area contributed by atoms with Gasteiger partial charge in [-0.1, -0.05) is 0 Å². The van der Waals surface area contributed by atoms with Crippen LogP contribution in [0.5, 0.6) is 0 Å². The molecule has 1 saturated carbocycles. The molecule has 7 nitrogen and oxygen atoms in total.